The summed E-state index contributed by atoms with van der Waals surface area (Å²) in [5.74, 6) is 0.588. The van der Waals surface area contributed by atoms with Crippen LogP contribution >= 0.6 is 0 Å². The minimum atomic E-state index is -0.297. The molecule has 9 heteroatoms. The highest BCUT2D eigenvalue weighted by molar-refractivity contribution is 5.89. The van der Waals surface area contributed by atoms with Gasteiger partial charge >= 0.3 is 6.03 Å². The van der Waals surface area contributed by atoms with Gasteiger partial charge in [-0.15, -0.1) is 0 Å². The van der Waals surface area contributed by atoms with E-state index < -0.39 is 0 Å². The first kappa shape index (κ1) is 18.1. The fourth-order valence-corrected chi connectivity index (χ4v) is 2.91. The maximum atomic E-state index is 12.4. The smallest absolute Gasteiger partial charge is 0.319 e. The Morgan fingerprint density at radius 3 is 2.77 bits per heavy atom. The van der Waals surface area contributed by atoms with Crippen molar-refractivity contribution >= 4 is 17.7 Å². The average molecular weight is 359 g/mol. The highest BCUT2D eigenvalue weighted by atomic mass is 16.5. The third-order valence-corrected chi connectivity index (χ3v) is 4.24. The van der Waals surface area contributed by atoms with Crippen LogP contribution in [0.15, 0.2) is 24.8 Å². The number of carbonyl (C=O) groups is 1. The molecule has 0 bridgehead atoms. The number of ether oxygens (including phenoxy) is 1. The van der Waals surface area contributed by atoms with Crippen molar-refractivity contribution in [3.05, 3.63) is 30.4 Å². The van der Waals surface area contributed by atoms with Gasteiger partial charge in [0.2, 0.25) is 5.95 Å². The lowest BCUT2D eigenvalue weighted by Crippen LogP contribution is -2.44. The lowest BCUT2D eigenvalue weighted by atomic mass is 9.98. The molecule has 3 heterocycles. The van der Waals surface area contributed by atoms with Gasteiger partial charge in [-0.3, -0.25) is 4.68 Å². The van der Waals surface area contributed by atoms with Crippen LogP contribution in [0.5, 0.6) is 0 Å². The van der Waals surface area contributed by atoms with Gasteiger partial charge in [0, 0.05) is 39.0 Å². The van der Waals surface area contributed by atoms with Gasteiger partial charge in [0.25, 0.3) is 0 Å². The molecule has 140 valence electrons. The van der Waals surface area contributed by atoms with Crippen molar-refractivity contribution in [2.45, 2.75) is 38.5 Å². The molecular weight excluding hydrogens is 334 g/mol. The first-order valence-electron chi connectivity index (χ1n) is 8.77. The number of nitrogens with zero attached hydrogens (tertiary/aromatic N) is 5. The highest BCUT2D eigenvalue weighted by Crippen LogP contribution is 2.28. The summed E-state index contributed by atoms with van der Waals surface area (Å²) < 4.78 is 7.76. The summed E-state index contributed by atoms with van der Waals surface area (Å²) in [4.78, 5) is 22.5. The second-order valence-electron chi connectivity index (χ2n) is 6.43. The molecule has 0 unspecified atom stereocenters. The molecular formula is C17H25N7O2. The SMILES string of the molecule is CCn1cc([C@H]2OCCC[C@@H]2NC(=O)Nc2cnc(N(C)C)nc2)cn1. The quantitative estimate of drug-likeness (QED) is 0.845. The normalized spacial score (nSPS) is 19.8. The third-order valence-electron chi connectivity index (χ3n) is 4.24. The zero-order chi connectivity index (χ0) is 18.5. The van der Waals surface area contributed by atoms with Gasteiger partial charge in [0.1, 0.15) is 6.10 Å². The molecule has 2 aromatic heterocycles. The predicted molar refractivity (Wildman–Crippen MR) is 98.1 cm³/mol. The van der Waals surface area contributed by atoms with Crippen molar-refractivity contribution in [1.82, 2.24) is 25.1 Å². The van der Waals surface area contributed by atoms with E-state index in [0.29, 0.717) is 18.2 Å². The fraction of sp³-hybridized carbons (Fsp3) is 0.529. The van der Waals surface area contributed by atoms with Crippen LogP contribution in [0.1, 0.15) is 31.4 Å². The highest BCUT2D eigenvalue weighted by Gasteiger charge is 2.29. The number of nitrogens with one attached hydrogen (secondary N) is 2. The number of rotatable bonds is 5. The monoisotopic (exact) mass is 359 g/mol. The molecule has 0 aromatic carbocycles. The van der Waals surface area contributed by atoms with Crippen molar-refractivity contribution in [3.8, 4) is 0 Å². The van der Waals surface area contributed by atoms with E-state index in [1.807, 2.05) is 31.9 Å². The van der Waals surface area contributed by atoms with Crippen LogP contribution in [0.3, 0.4) is 0 Å². The molecule has 1 aliphatic rings. The molecule has 2 aromatic rings. The van der Waals surface area contributed by atoms with Crippen molar-refractivity contribution in [3.63, 3.8) is 0 Å². The van der Waals surface area contributed by atoms with Gasteiger partial charge in [-0.05, 0) is 19.8 Å². The summed E-state index contributed by atoms with van der Waals surface area (Å²) in [6.07, 6.45) is 8.51. The van der Waals surface area contributed by atoms with E-state index in [4.69, 9.17) is 4.74 Å². The van der Waals surface area contributed by atoms with Gasteiger partial charge in [-0.2, -0.15) is 5.10 Å². The lowest BCUT2D eigenvalue weighted by molar-refractivity contribution is -0.00701. The molecule has 2 amide bonds. The summed E-state index contributed by atoms with van der Waals surface area (Å²) in [6.45, 7) is 3.52. The van der Waals surface area contributed by atoms with Crippen LogP contribution in [-0.4, -0.2) is 52.5 Å². The van der Waals surface area contributed by atoms with E-state index in [9.17, 15) is 4.79 Å². The van der Waals surface area contributed by atoms with Crippen molar-refractivity contribution in [2.24, 2.45) is 0 Å². The number of anilines is 2. The second-order valence-corrected chi connectivity index (χ2v) is 6.43. The average Bonchev–Trinajstić information content (AvgIpc) is 3.11. The van der Waals surface area contributed by atoms with Crippen molar-refractivity contribution in [2.75, 3.05) is 30.9 Å². The van der Waals surface area contributed by atoms with Crippen molar-refractivity contribution in [1.29, 1.82) is 0 Å². The maximum absolute atomic E-state index is 12.4. The van der Waals surface area contributed by atoms with Gasteiger partial charge in [-0.25, -0.2) is 14.8 Å². The van der Waals surface area contributed by atoms with Crippen LogP contribution in [0.4, 0.5) is 16.4 Å². The Labute approximate surface area is 152 Å². The lowest BCUT2D eigenvalue weighted by Gasteiger charge is -2.31. The summed E-state index contributed by atoms with van der Waals surface area (Å²) in [7, 11) is 3.72. The second kappa shape index (κ2) is 8.13. The van der Waals surface area contributed by atoms with Crippen LogP contribution in [0.2, 0.25) is 0 Å². The number of hydrogen-bond donors (Lipinski definition) is 2. The summed E-state index contributed by atoms with van der Waals surface area (Å²) in [6, 6.07) is -0.408. The van der Waals surface area contributed by atoms with Gasteiger partial charge < -0.3 is 20.3 Å². The molecule has 1 saturated heterocycles. The number of hydrogen-bond acceptors (Lipinski definition) is 6. The van der Waals surface area contributed by atoms with E-state index in [-0.39, 0.29) is 18.2 Å². The minimum absolute atomic E-state index is 0.111. The number of amides is 2. The fourth-order valence-electron chi connectivity index (χ4n) is 2.91. The van der Waals surface area contributed by atoms with Crippen LogP contribution < -0.4 is 15.5 Å². The Bertz CT molecular complexity index is 729. The predicted octanol–water partition coefficient (Wildman–Crippen LogP) is 1.80. The topological polar surface area (TPSA) is 97.2 Å². The first-order valence-corrected chi connectivity index (χ1v) is 8.77. The molecule has 2 atom stereocenters. The van der Waals surface area contributed by atoms with Gasteiger partial charge in [0.15, 0.2) is 0 Å². The van der Waals surface area contributed by atoms with Crippen LogP contribution in [-0.2, 0) is 11.3 Å². The number of aromatic nitrogens is 4. The van der Waals surface area contributed by atoms with Gasteiger partial charge in [-0.1, -0.05) is 0 Å². The summed E-state index contributed by atoms with van der Waals surface area (Å²) in [5, 5.41) is 10.1. The molecule has 1 fully saturated rings. The summed E-state index contributed by atoms with van der Waals surface area (Å²) >= 11 is 0. The van der Waals surface area contributed by atoms with E-state index in [0.717, 1.165) is 24.9 Å². The number of carbonyl (C=O) groups excluding carboxylic acids is 1. The van der Waals surface area contributed by atoms with E-state index >= 15 is 0 Å². The Morgan fingerprint density at radius 1 is 1.35 bits per heavy atom. The molecule has 3 rings (SSSR count). The molecule has 9 nitrogen and oxygen atoms in total. The van der Waals surface area contributed by atoms with E-state index in [2.05, 4.69) is 25.7 Å². The molecule has 0 aliphatic carbocycles. The van der Waals surface area contributed by atoms with E-state index in [1.165, 1.54) is 0 Å². The Balaban J connectivity index is 1.62. The molecule has 26 heavy (non-hydrogen) atoms. The van der Waals surface area contributed by atoms with Crippen LogP contribution in [0, 0.1) is 0 Å². The molecule has 2 N–H and O–H groups in total. The zero-order valence-electron chi connectivity index (χ0n) is 15.3. The largest absolute Gasteiger partial charge is 0.371 e. The molecule has 0 spiro atoms. The molecule has 0 saturated carbocycles. The summed E-state index contributed by atoms with van der Waals surface area (Å²) in [5.41, 5.74) is 1.52. The molecule has 0 radical (unpaired) electrons. The maximum Gasteiger partial charge on any atom is 0.319 e. The molecule has 1 aliphatic heterocycles. The number of aryl methyl sites for hydroxylation is 1. The van der Waals surface area contributed by atoms with Gasteiger partial charge in [0.05, 0.1) is 30.3 Å². The standard InChI is InChI=1S/C17H25N7O2/c1-4-24-11-12(8-20-24)15-14(6-5-7-26-15)22-17(25)21-13-9-18-16(19-10-13)23(2)3/h8-11,14-15H,4-7H2,1-3H3,(H2,21,22,25)/t14-,15+/m0/s1. The number of urea groups is 1. The third kappa shape index (κ3) is 4.29. The minimum Gasteiger partial charge on any atom is -0.371 e. The zero-order valence-corrected chi connectivity index (χ0v) is 15.3. The Hall–Kier alpha value is -2.68. The van der Waals surface area contributed by atoms with Crippen molar-refractivity contribution < 1.29 is 9.53 Å². The Kier molecular flexibility index (Phi) is 5.67. The Morgan fingerprint density at radius 2 is 2.12 bits per heavy atom. The first-order chi connectivity index (χ1) is 12.6. The van der Waals surface area contributed by atoms with Crippen LogP contribution in [0.25, 0.3) is 0 Å². The van der Waals surface area contributed by atoms with E-state index in [1.54, 1.807) is 23.5 Å².